The number of aromatic nitrogens is 1. The van der Waals surface area contributed by atoms with E-state index in [-0.39, 0.29) is 15.6 Å². The summed E-state index contributed by atoms with van der Waals surface area (Å²) in [5, 5.41) is 3.29. The second-order valence-electron chi connectivity index (χ2n) is 5.67. The summed E-state index contributed by atoms with van der Waals surface area (Å²) in [4.78, 5) is 28.3. The van der Waals surface area contributed by atoms with Gasteiger partial charge in [-0.15, -0.1) is 0 Å². The molecule has 1 aromatic heterocycles. The van der Waals surface area contributed by atoms with Crippen LogP contribution >= 0.6 is 23.2 Å². The Morgan fingerprint density at radius 3 is 2.25 bits per heavy atom. The van der Waals surface area contributed by atoms with Crippen molar-refractivity contribution in [3.8, 4) is 0 Å². The summed E-state index contributed by atoms with van der Waals surface area (Å²) in [5.74, 6) is -3.51. The minimum absolute atomic E-state index is 0.0647. The van der Waals surface area contributed by atoms with E-state index in [1.165, 1.54) is 24.3 Å². The van der Waals surface area contributed by atoms with Crippen molar-refractivity contribution < 1.29 is 27.5 Å². The third-order valence-corrected chi connectivity index (χ3v) is 4.14. The Morgan fingerprint density at radius 2 is 1.75 bits per heavy atom. The number of rotatable bonds is 5. The molecular formula is C17H14Cl2F3N3O3. The molecule has 0 aliphatic carbocycles. The normalized spacial score (nSPS) is 13.4. The molecule has 0 aliphatic heterocycles. The van der Waals surface area contributed by atoms with E-state index in [9.17, 15) is 22.8 Å². The molecule has 0 bridgehead atoms. The quantitative estimate of drug-likeness (QED) is 0.548. The number of aryl methyl sites for hydroxylation is 1. The van der Waals surface area contributed by atoms with Crippen LogP contribution in [0.3, 0.4) is 0 Å². The molecule has 0 radical (unpaired) electrons. The highest BCUT2D eigenvalue weighted by Gasteiger charge is 2.64. The third-order valence-electron chi connectivity index (χ3n) is 3.65. The zero-order valence-electron chi connectivity index (χ0n) is 14.5. The molecule has 1 atom stereocenters. The van der Waals surface area contributed by atoms with Gasteiger partial charge in [-0.3, -0.25) is 4.79 Å². The number of hydrogen-bond donors (Lipinski definition) is 2. The van der Waals surface area contributed by atoms with Crippen LogP contribution in [0.25, 0.3) is 0 Å². The van der Waals surface area contributed by atoms with Crippen LogP contribution in [0.2, 0.25) is 10.0 Å². The lowest BCUT2D eigenvalue weighted by Crippen LogP contribution is -2.69. The first-order valence-corrected chi connectivity index (χ1v) is 8.39. The Hall–Kier alpha value is -2.52. The van der Waals surface area contributed by atoms with Crippen molar-refractivity contribution in [1.29, 1.82) is 0 Å². The number of pyridine rings is 1. The number of nitrogens with zero attached hydrogens (tertiary/aromatic N) is 1. The molecule has 2 N–H and O–H groups in total. The fourth-order valence-corrected chi connectivity index (χ4v) is 2.60. The van der Waals surface area contributed by atoms with Crippen LogP contribution in [0.5, 0.6) is 0 Å². The summed E-state index contributed by atoms with van der Waals surface area (Å²) in [5.41, 5.74) is -2.95. The van der Waals surface area contributed by atoms with Gasteiger partial charge in [-0.2, -0.15) is 13.2 Å². The highest BCUT2D eigenvalue weighted by Crippen LogP contribution is 2.35. The van der Waals surface area contributed by atoms with Gasteiger partial charge in [0.05, 0.1) is 17.2 Å². The highest BCUT2D eigenvalue weighted by atomic mass is 35.5. The smallest absolute Gasteiger partial charge is 0.441 e. The topological polar surface area (TPSA) is 80.3 Å². The van der Waals surface area contributed by atoms with Gasteiger partial charge < -0.3 is 15.4 Å². The number of alkyl halides is 3. The Labute approximate surface area is 168 Å². The van der Waals surface area contributed by atoms with Gasteiger partial charge in [0.25, 0.3) is 5.91 Å². The SMILES string of the molecule is COC(=O)[C@](NC(=O)c1ccc(C)cc1)(Nc1ncc(Cl)cc1Cl)C(F)(F)F. The van der Waals surface area contributed by atoms with Gasteiger partial charge in [0, 0.05) is 11.8 Å². The van der Waals surface area contributed by atoms with Crippen LogP contribution < -0.4 is 10.6 Å². The first-order chi connectivity index (χ1) is 13.0. The van der Waals surface area contributed by atoms with Gasteiger partial charge in [-0.05, 0) is 25.1 Å². The summed E-state index contributed by atoms with van der Waals surface area (Å²) in [7, 11) is 0.749. The first kappa shape index (κ1) is 21.8. The van der Waals surface area contributed by atoms with Gasteiger partial charge in [-0.25, -0.2) is 9.78 Å². The molecule has 0 unspecified atom stereocenters. The second-order valence-corrected chi connectivity index (χ2v) is 6.51. The number of nitrogens with one attached hydrogen (secondary N) is 2. The van der Waals surface area contributed by atoms with Crippen molar-refractivity contribution in [2.24, 2.45) is 0 Å². The molecule has 150 valence electrons. The van der Waals surface area contributed by atoms with Gasteiger partial charge in [0.1, 0.15) is 5.82 Å². The third kappa shape index (κ3) is 4.48. The number of benzene rings is 1. The van der Waals surface area contributed by atoms with E-state index in [1.807, 2.05) is 5.32 Å². The number of carbonyl (C=O) groups is 2. The van der Waals surface area contributed by atoms with Crippen molar-refractivity contribution in [3.63, 3.8) is 0 Å². The van der Waals surface area contributed by atoms with E-state index in [0.29, 0.717) is 0 Å². The van der Waals surface area contributed by atoms with Crippen molar-refractivity contribution in [2.45, 2.75) is 18.8 Å². The molecular weight excluding hydrogens is 422 g/mol. The van der Waals surface area contributed by atoms with Gasteiger partial charge in [0.15, 0.2) is 0 Å². The maximum atomic E-state index is 14.0. The average Bonchev–Trinajstić information content (AvgIpc) is 2.62. The minimum Gasteiger partial charge on any atom is -0.466 e. The summed E-state index contributed by atoms with van der Waals surface area (Å²) < 4.78 is 46.2. The van der Waals surface area contributed by atoms with Crippen LogP contribution in [0.4, 0.5) is 19.0 Å². The predicted molar refractivity (Wildman–Crippen MR) is 97.3 cm³/mol. The molecule has 1 aromatic carbocycles. The van der Waals surface area contributed by atoms with E-state index in [1.54, 1.807) is 12.2 Å². The molecule has 1 amide bonds. The number of methoxy groups -OCH3 is 1. The van der Waals surface area contributed by atoms with Crippen LogP contribution in [-0.2, 0) is 9.53 Å². The lowest BCUT2D eigenvalue weighted by atomic mass is 10.1. The molecule has 0 fully saturated rings. The Bertz CT molecular complexity index is 891. The number of amides is 1. The molecule has 11 heteroatoms. The number of carbonyl (C=O) groups excluding carboxylic acids is 2. The van der Waals surface area contributed by atoms with Crippen molar-refractivity contribution in [2.75, 3.05) is 12.4 Å². The van der Waals surface area contributed by atoms with E-state index in [4.69, 9.17) is 23.2 Å². The molecule has 6 nitrogen and oxygen atoms in total. The summed E-state index contributed by atoms with van der Waals surface area (Å²) in [6.45, 7) is 1.74. The molecule has 2 rings (SSSR count). The number of anilines is 1. The van der Waals surface area contributed by atoms with Gasteiger partial charge in [-0.1, -0.05) is 40.9 Å². The predicted octanol–water partition coefficient (Wildman–Crippen LogP) is 3.97. The lowest BCUT2D eigenvalue weighted by molar-refractivity contribution is -0.203. The Morgan fingerprint density at radius 1 is 1.14 bits per heavy atom. The molecule has 0 spiro atoms. The molecule has 0 saturated heterocycles. The van der Waals surface area contributed by atoms with Crippen LogP contribution in [-0.4, -0.2) is 35.8 Å². The Kier molecular flexibility index (Phi) is 6.41. The number of halogens is 5. The van der Waals surface area contributed by atoms with E-state index >= 15 is 0 Å². The van der Waals surface area contributed by atoms with Crippen LogP contribution in [0.15, 0.2) is 36.5 Å². The number of ether oxygens (including phenoxy) is 1. The van der Waals surface area contributed by atoms with Crippen molar-refractivity contribution in [1.82, 2.24) is 10.3 Å². The van der Waals surface area contributed by atoms with E-state index in [2.05, 4.69) is 9.72 Å². The molecule has 28 heavy (non-hydrogen) atoms. The van der Waals surface area contributed by atoms with Crippen LogP contribution in [0.1, 0.15) is 15.9 Å². The number of esters is 1. The zero-order chi connectivity index (χ0) is 21.1. The van der Waals surface area contributed by atoms with Gasteiger partial charge in [0.2, 0.25) is 0 Å². The fraction of sp³-hybridized carbons (Fsp3) is 0.235. The summed E-state index contributed by atoms with van der Waals surface area (Å²) in [6, 6.07) is 6.83. The van der Waals surface area contributed by atoms with Crippen molar-refractivity contribution >= 4 is 40.9 Å². The zero-order valence-corrected chi connectivity index (χ0v) is 16.0. The lowest BCUT2D eigenvalue weighted by Gasteiger charge is -2.34. The largest absolute Gasteiger partial charge is 0.466 e. The fourth-order valence-electron chi connectivity index (χ4n) is 2.18. The summed E-state index contributed by atoms with van der Waals surface area (Å²) >= 11 is 11.5. The summed E-state index contributed by atoms with van der Waals surface area (Å²) in [6.07, 6.45) is -4.29. The molecule has 1 heterocycles. The number of hydrogen-bond acceptors (Lipinski definition) is 5. The van der Waals surface area contributed by atoms with Gasteiger partial charge >= 0.3 is 17.8 Å². The Balaban J connectivity index is 2.52. The first-order valence-electron chi connectivity index (χ1n) is 7.63. The highest BCUT2D eigenvalue weighted by molar-refractivity contribution is 6.36. The monoisotopic (exact) mass is 435 g/mol. The standard InChI is InChI=1S/C17H14Cl2F3N3O3/c1-9-3-5-10(6-4-9)14(26)25-16(15(27)28-2,17(20,21)22)24-13-12(19)7-11(18)8-23-13/h3-8H,1-2H3,(H,23,24)(H,25,26)/t16-/m1/s1. The van der Waals surface area contributed by atoms with E-state index < -0.39 is 29.5 Å². The average molecular weight is 436 g/mol. The minimum atomic E-state index is -5.31. The van der Waals surface area contributed by atoms with Crippen LogP contribution in [0, 0.1) is 6.92 Å². The molecule has 0 aliphatic rings. The van der Waals surface area contributed by atoms with Crippen molar-refractivity contribution in [3.05, 3.63) is 57.7 Å². The second kappa shape index (κ2) is 8.24. The maximum absolute atomic E-state index is 14.0. The molecule has 0 saturated carbocycles. The van der Waals surface area contributed by atoms with E-state index in [0.717, 1.165) is 24.9 Å². The molecule has 2 aromatic rings. The maximum Gasteiger partial charge on any atom is 0.441 e.